The summed E-state index contributed by atoms with van der Waals surface area (Å²) in [6.45, 7) is 0. The number of hydrogen-bond donors (Lipinski definition) is 6. The maximum absolute atomic E-state index is 13.5. The minimum atomic E-state index is -5.37. The van der Waals surface area contributed by atoms with Gasteiger partial charge in [-0.25, -0.2) is 33.7 Å². The molecule has 2 amide bonds. The SMILES string of the molecule is CS(=O)(=O)C1=C/C(=N/N=C2\C(=O)c3ccc(NC(=O)c4ccc(NNc5ccc(C(=O)Nc6ccc7c(c6)C=C(S(=O)(=O)[O-])/C(=N/Nc6cc(S(C)(=O)=O)ccc6O)C7=O)cc5)cc4)cc3C=C2S(=O)(=O)[O-])C(=O)C=C1.[Na+].[Na+]. The van der Waals surface area contributed by atoms with Crippen molar-refractivity contribution in [2.45, 2.75) is 4.90 Å². The molecular formula is C48H34N8Na2O16S4. The molecule has 30 heteroatoms. The molecule has 3 aliphatic rings. The molecule has 0 radical (unpaired) electrons. The van der Waals surface area contributed by atoms with Crippen molar-refractivity contribution in [2.24, 2.45) is 15.3 Å². The van der Waals surface area contributed by atoms with Crippen LogP contribution in [0.3, 0.4) is 0 Å². The molecule has 8 rings (SSSR count). The van der Waals surface area contributed by atoms with Crippen LogP contribution in [0, 0.1) is 0 Å². The first kappa shape index (κ1) is 60.2. The van der Waals surface area contributed by atoms with Crippen molar-refractivity contribution in [1.29, 1.82) is 0 Å². The van der Waals surface area contributed by atoms with E-state index < -0.39 is 102 Å². The summed E-state index contributed by atoms with van der Waals surface area (Å²) in [5.41, 5.74) is 6.76. The smallest absolute Gasteiger partial charge is 0.744 e. The monoisotopic (exact) mass is 1150 g/mol. The largest absolute Gasteiger partial charge is 1.00 e. The van der Waals surface area contributed by atoms with Crippen LogP contribution >= 0.6 is 0 Å². The zero-order valence-corrected chi connectivity index (χ0v) is 48.0. The van der Waals surface area contributed by atoms with Gasteiger partial charge in [-0.05, 0) is 145 Å². The van der Waals surface area contributed by atoms with Gasteiger partial charge in [0, 0.05) is 46.1 Å². The number of hydrazone groups is 1. The summed E-state index contributed by atoms with van der Waals surface area (Å²) in [4.78, 5) is 63.0. The quantitative estimate of drug-likeness (QED) is 0.0236. The number of phenols is 1. The fraction of sp³-hybridized carbons (Fsp3) is 0.0417. The number of aromatic hydroxyl groups is 1. The van der Waals surface area contributed by atoms with E-state index >= 15 is 0 Å². The molecule has 0 atom stereocenters. The molecule has 0 fully saturated rings. The molecule has 388 valence electrons. The van der Waals surface area contributed by atoms with Crippen LogP contribution in [0.4, 0.5) is 28.4 Å². The van der Waals surface area contributed by atoms with Crippen LogP contribution in [0.5, 0.6) is 5.75 Å². The standard InChI is InChI=1S/C48H36N8O16S4.2Na/c1-73(63,64)33-13-17-39(57)37(23-33)53-55-43-41(75(67,68)69)21-27-19-31(11-15-35(27)45(43)59)49-47(61)25-3-7-29(8-4-25)51-52-30-9-5-26(6-10-30)48(62)50-32-12-16-36-28(20-32)22-42(76(70,71)72)44(46(36)60)56-54-38-24-34(74(2,65)66)14-18-40(38)58;;/h3-24,51-53,57H,1-2H3,(H,49,61)(H,50,62)(H,67,68,69)(H,70,71,72);;/q;2*+1/p-2/b54-38-,55-43-,56-44-;;. The van der Waals surface area contributed by atoms with E-state index in [1.54, 1.807) is 24.3 Å². The molecule has 0 spiro atoms. The van der Waals surface area contributed by atoms with E-state index in [0.29, 0.717) is 11.4 Å². The van der Waals surface area contributed by atoms with Crippen LogP contribution in [-0.2, 0) is 44.7 Å². The first-order valence-corrected chi connectivity index (χ1v) is 28.0. The Hall–Kier alpha value is -7.06. The number of carbonyl (C=O) groups is 5. The number of nitrogens with one attached hydrogen (secondary N) is 5. The van der Waals surface area contributed by atoms with Crippen molar-refractivity contribution in [3.63, 3.8) is 0 Å². The summed E-state index contributed by atoms with van der Waals surface area (Å²) in [7, 11) is -18.2. The molecule has 0 heterocycles. The van der Waals surface area contributed by atoms with Crippen LogP contribution < -0.4 is 86.0 Å². The topological polar surface area (TPSA) is 385 Å². The molecule has 5 aromatic rings. The third-order valence-electron chi connectivity index (χ3n) is 11.1. The van der Waals surface area contributed by atoms with Crippen molar-refractivity contribution in [3.8, 4) is 5.75 Å². The number of anilines is 5. The van der Waals surface area contributed by atoms with Gasteiger partial charge in [-0.3, -0.25) is 29.4 Å². The van der Waals surface area contributed by atoms with Crippen LogP contribution in [0.25, 0.3) is 12.2 Å². The Morgan fingerprint density at radius 3 is 1.46 bits per heavy atom. The Labute approximate surface area is 488 Å². The predicted octanol–water partition coefficient (Wildman–Crippen LogP) is -1.76. The number of rotatable bonds is 14. The zero-order valence-electron chi connectivity index (χ0n) is 40.7. The van der Waals surface area contributed by atoms with Gasteiger partial charge in [0.1, 0.15) is 37.4 Å². The summed E-state index contributed by atoms with van der Waals surface area (Å²) in [6, 6.07) is 23.0. The van der Waals surface area contributed by atoms with E-state index in [1.165, 1.54) is 60.7 Å². The minimum Gasteiger partial charge on any atom is -0.744 e. The molecular weight excluding hydrogens is 1120 g/mol. The molecule has 0 saturated carbocycles. The number of phenolic OH excluding ortho intramolecular Hbond substituents is 1. The average Bonchev–Trinajstić information content (AvgIpc) is 3.42. The fourth-order valence-corrected chi connectivity index (χ4v) is 9.81. The normalized spacial score (nSPS) is 15.9. The van der Waals surface area contributed by atoms with Gasteiger partial charge >= 0.3 is 59.1 Å². The van der Waals surface area contributed by atoms with Crippen LogP contribution in [0.2, 0.25) is 0 Å². The molecule has 0 aromatic heterocycles. The summed E-state index contributed by atoms with van der Waals surface area (Å²) >= 11 is 0. The minimum absolute atomic E-state index is 0. The summed E-state index contributed by atoms with van der Waals surface area (Å²) in [5.74, 6) is -4.57. The molecule has 24 nitrogen and oxygen atoms in total. The summed E-state index contributed by atoms with van der Waals surface area (Å²) < 4.78 is 122. The van der Waals surface area contributed by atoms with Gasteiger partial charge < -0.3 is 35.7 Å². The van der Waals surface area contributed by atoms with Crippen LogP contribution in [0.15, 0.2) is 156 Å². The zero-order chi connectivity index (χ0) is 55.1. The molecule has 0 saturated heterocycles. The van der Waals surface area contributed by atoms with Crippen molar-refractivity contribution >= 4 is 127 Å². The van der Waals surface area contributed by atoms with E-state index in [4.69, 9.17) is 0 Å². The second kappa shape index (κ2) is 23.5. The maximum atomic E-state index is 13.5. The number of allylic oxidation sites excluding steroid dienone is 5. The molecule has 78 heavy (non-hydrogen) atoms. The van der Waals surface area contributed by atoms with E-state index in [2.05, 4.69) is 42.2 Å². The Morgan fingerprint density at radius 2 is 1.00 bits per heavy atom. The number of hydrazine groups is 1. The third-order valence-corrected chi connectivity index (χ3v) is 15.0. The van der Waals surface area contributed by atoms with E-state index in [9.17, 15) is 71.9 Å². The number of carbonyl (C=O) groups excluding carboxylic acids is 5. The van der Waals surface area contributed by atoms with Gasteiger partial charge in [-0.1, -0.05) is 0 Å². The van der Waals surface area contributed by atoms with Crippen molar-refractivity contribution < 1.29 is 131 Å². The number of benzene rings is 5. The van der Waals surface area contributed by atoms with E-state index in [1.807, 2.05) is 0 Å². The van der Waals surface area contributed by atoms with Crippen molar-refractivity contribution in [3.05, 3.63) is 169 Å². The first-order valence-electron chi connectivity index (χ1n) is 21.4. The number of Topliss-reactive ketones (excluding diaryl/α,β-unsaturated/α-hetero) is 2. The Bertz CT molecular complexity index is 4120. The van der Waals surface area contributed by atoms with Crippen LogP contribution in [0.1, 0.15) is 52.6 Å². The van der Waals surface area contributed by atoms with E-state index in [0.717, 1.165) is 61.1 Å². The van der Waals surface area contributed by atoms with Crippen molar-refractivity contribution in [2.75, 3.05) is 39.4 Å². The molecule has 0 aliphatic heterocycles. The Balaban J connectivity index is 0.00000492. The molecule has 0 bridgehead atoms. The van der Waals surface area contributed by atoms with E-state index in [-0.39, 0.29) is 119 Å². The average molecular weight is 1150 g/mol. The number of amides is 2. The Kier molecular flexibility index (Phi) is 18.1. The van der Waals surface area contributed by atoms with Gasteiger partial charge in [-0.2, -0.15) is 5.10 Å². The maximum Gasteiger partial charge on any atom is 1.00 e. The number of nitrogens with zero attached hydrogens (tertiary/aromatic N) is 3. The van der Waals surface area contributed by atoms with Crippen molar-refractivity contribution in [1.82, 2.24) is 0 Å². The molecule has 3 aliphatic carbocycles. The molecule has 6 N–H and O–H groups in total. The fourth-order valence-electron chi connectivity index (χ4n) is 7.24. The number of hydrogen-bond acceptors (Lipinski definition) is 22. The second-order valence-corrected chi connectivity index (χ2v) is 23.2. The number of ketones is 3. The van der Waals surface area contributed by atoms with Gasteiger partial charge in [-0.15, -0.1) is 10.2 Å². The number of fused-ring (bicyclic) bond motifs is 2. The van der Waals surface area contributed by atoms with Gasteiger partial charge in [0.05, 0.1) is 36.7 Å². The predicted molar refractivity (Wildman–Crippen MR) is 277 cm³/mol. The summed E-state index contributed by atoms with van der Waals surface area (Å²) in [5, 5.41) is 26.4. The summed E-state index contributed by atoms with van der Waals surface area (Å²) in [6.07, 6.45) is 6.34. The number of sulfone groups is 2. The third kappa shape index (κ3) is 13.8. The van der Waals surface area contributed by atoms with Gasteiger partial charge in [0.15, 0.2) is 25.4 Å². The molecule has 5 aromatic carbocycles. The van der Waals surface area contributed by atoms with Gasteiger partial charge in [0.25, 0.3) is 11.8 Å². The van der Waals surface area contributed by atoms with Gasteiger partial charge in [0.2, 0.25) is 17.3 Å². The van der Waals surface area contributed by atoms with Crippen LogP contribution in [-0.4, -0.2) is 107 Å². The first-order chi connectivity index (χ1) is 35.6. The second-order valence-electron chi connectivity index (χ2n) is 16.5. The Morgan fingerprint density at radius 1 is 0.538 bits per heavy atom. The molecule has 0 unspecified atom stereocenters.